The Bertz CT molecular complexity index is 685. The third-order valence-electron chi connectivity index (χ3n) is 2.53. The molecule has 0 aliphatic heterocycles. The first-order valence-corrected chi connectivity index (χ1v) is 8.54. The fourth-order valence-corrected chi connectivity index (χ4v) is 3.60. The van der Waals surface area contributed by atoms with E-state index in [1.54, 1.807) is 13.1 Å². The van der Waals surface area contributed by atoms with Gasteiger partial charge in [0.1, 0.15) is 9.90 Å². The monoisotopic (exact) mass is 332 g/mol. The molecule has 0 fully saturated rings. The number of rotatable bonds is 5. The number of aryl methyl sites for hydroxylation is 1. The molecule has 2 aromatic heterocycles. The van der Waals surface area contributed by atoms with E-state index in [-0.39, 0.29) is 10.2 Å². The Morgan fingerprint density at radius 1 is 1.30 bits per heavy atom. The van der Waals surface area contributed by atoms with Gasteiger partial charge >= 0.3 is 0 Å². The van der Waals surface area contributed by atoms with Crippen molar-refractivity contribution < 1.29 is 8.42 Å². The van der Waals surface area contributed by atoms with Crippen LogP contribution in [0.15, 0.2) is 23.5 Å². The van der Waals surface area contributed by atoms with Crippen LogP contribution in [-0.4, -0.2) is 23.4 Å². The zero-order valence-electron chi connectivity index (χ0n) is 10.9. The molecular weight excluding hydrogens is 320 g/mol. The predicted molar refractivity (Wildman–Crippen MR) is 77.3 cm³/mol. The largest absolute Gasteiger partial charge is 0.248 e. The first kappa shape index (κ1) is 15.3. The number of aromatic nitrogens is 3. The zero-order valence-corrected chi connectivity index (χ0v) is 13.3. The van der Waals surface area contributed by atoms with Gasteiger partial charge in [-0.05, 0) is 24.9 Å². The van der Waals surface area contributed by atoms with Crippen LogP contribution in [0.5, 0.6) is 0 Å². The van der Waals surface area contributed by atoms with E-state index < -0.39 is 16.1 Å². The highest BCUT2D eigenvalue weighted by Gasteiger charge is 2.21. The summed E-state index contributed by atoms with van der Waals surface area (Å²) in [6.45, 7) is 3.77. The van der Waals surface area contributed by atoms with Crippen LogP contribution >= 0.6 is 22.9 Å². The Kier molecular flexibility index (Phi) is 4.69. The number of nitrogens with zero attached hydrogens (tertiary/aromatic N) is 3. The minimum Gasteiger partial charge on any atom is -0.248 e. The first-order chi connectivity index (χ1) is 9.42. The maximum absolute atomic E-state index is 12.1. The van der Waals surface area contributed by atoms with Gasteiger partial charge in [-0.1, -0.05) is 6.92 Å². The highest BCUT2D eigenvalue weighted by atomic mass is 35.5. The Labute approximate surface area is 126 Å². The van der Waals surface area contributed by atoms with Gasteiger partial charge < -0.3 is 0 Å². The Balaban J connectivity index is 2.17. The molecule has 0 aliphatic carbocycles. The molecule has 1 N–H and O–H groups in total. The van der Waals surface area contributed by atoms with Crippen molar-refractivity contribution in [3.05, 3.63) is 33.8 Å². The van der Waals surface area contributed by atoms with Gasteiger partial charge in [0.25, 0.3) is 0 Å². The number of halogens is 1. The van der Waals surface area contributed by atoms with E-state index >= 15 is 0 Å². The molecule has 1 unspecified atom stereocenters. The lowest BCUT2D eigenvalue weighted by molar-refractivity contribution is 0.565. The molecule has 0 spiro atoms. The van der Waals surface area contributed by atoms with E-state index in [1.165, 1.54) is 23.7 Å². The number of nitrogens with one attached hydrogen (secondary N) is 1. The number of hydrogen-bond acceptors (Lipinski definition) is 6. The normalized spacial score (nSPS) is 13.3. The van der Waals surface area contributed by atoms with Crippen LogP contribution in [0.25, 0.3) is 0 Å². The molecule has 0 aromatic carbocycles. The third-order valence-corrected chi connectivity index (χ3v) is 5.54. The molecule has 2 aromatic rings. The molecule has 9 heteroatoms. The molecule has 0 aliphatic rings. The molecule has 2 rings (SSSR count). The molecular formula is C11H13ClN4O2S2. The van der Waals surface area contributed by atoms with Crippen molar-refractivity contribution >= 4 is 33.0 Å². The van der Waals surface area contributed by atoms with Crippen LogP contribution < -0.4 is 4.72 Å². The van der Waals surface area contributed by atoms with Gasteiger partial charge in [-0.25, -0.2) is 28.1 Å². The minimum atomic E-state index is -3.69. The lowest BCUT2D eigenvalue weighted by atomic mass is 10.4. The molecule has 0 saturated heterocycles. The van der Waals surface area contributed by atoms with Crippen molar-refractivity contribution in [2.24, 2.45) is 0 Å². The summed E-state index contributed by atoms with van der Waals surface area (Å²) in [5.41, 5.74) is 0. The van der Waals surface area contributed by atoms with E-state index in [2.05, 4.69) is 19.7 Å². The SMILES string of the molecule is CCc1cnc(C(C)NS(=O)(=O)c2cnc(Cl)nc2)s1. The van der Waals surface area contributed by atoms with Crippen LogP contribution in [0.3, 0.4) is 0 Å². The van der Waals surface area contributed by atoms with E-state index in [0.29, 0.717) is 0 Å². The Morgan fingerprint density at radius 3 is 2.50 bits per heavy atom. The predicted octanol–water partition coefficient (Wildman–Crippen LogP) is 2.19. The first-order valence-electron chi connectivity index (χ1n) is 5.87. The van der Waals surface area contributed by atoms with E-state index in [4.69, 9.17) is 11.6 Å². The summed E-state index contributed by atoms with van der Waals surface area (Å²) < 4.78 is 26.8. The quantitative estimate of drug-likeness (QED) is 0.848. The minimum absolute atomic E-state index is 0.00418. The Morgan fingerprint density at radius 2 is 1.95 bits per heavy atom. The third kappa shape index (κ3) is 3.51. The summed E-state index contributed by atoms with van der Waals surface area (Å²) in [5.74, 6) is 0. The van der Waals surface area contributed by atoms with Crippen molar-refractivity contribution in [3.8, 4) is 0 Å². The van der Waals surface area contributed by atoms with Gasteiger partial charge in [-0.3, -0.25) is 0 Å². The summed E-state index contributed by atoms with van der Waals surface area (Å²) in [6, 6.07) is -0.416. The second kappa shape index (κ2) is 6.13. The van der Waals surface area contributed by atoms with Crippen LogP contribution in [0.4, 0.5) is 0 Å². The van der Waals surface area contributed by atoms with Crippen molar-refractivity contribution in [2.75, 3.05) is 0 Å². The topological polar surface area (TPSA) is 84.8 Å². The van der Waals surface area contributed by atoms with Crippen LogP contribution in [0, 0.1) is 0 Å². The van der Waals surface area contributed by atoms with Gasteiger partial charge in [0.2, 0.25) is 15.3 Å². The summed E-state index contributed by atoms with van der Waals surface area (Å²) >= 11 is 7.03. The lowest BCUT2D eigenvalue weighted by Crippen LogP contribution is -2.27. The van der Waals surface area contributed by atoms with Gasteiger partial charge in [0.15, 0.2) is 0 Å². The van der Waals surface area contributed by atoms with Crippen LogP contribution in [-0.2, 0) is 16.4 Å². The van der Waals surface area contributed by atoms with Crippen molar-refractivity contribution in [1.29, 1.82) is 0 Å². The van der Waals surface area contributed by atoms with E-state index in [9.17, 15) is 8.42 Å². The highest BCUT2D eigenvalue weighted by Crippen LogP contribution is 2.22. The van der Waals surface area contributed by atoms with Gasteiger partial charge in [-0.15, -0.1) is 11.3 Å². The zero-order chi connectivity index (χ0) is 14.8. The fourth-order valence-electron chi connectivity index (χ4n) is 1.48. The van der Waals surface area contributed by atoms with Crippen molar-refractivity contribution in [2.45, 2.75) is 31.2 Å². The smallest absolute Gasteiger partial charge is 0.244 e. The van der Waals surface area contributed by atoms with E-state index in [0.717, 1.165) is 16.3 Å². The Hall–Kier alpha value is -1.09. The summed E-state index contributed by atoms with van der Waals surface area (Å²) in [4.78, 5) is 12.6. The molecule has 0 saturated carbocycles. The molecule has 0 bridgehead atoms. The van der Waals surface area contributed by atoms with Gasteiger partial charge in [0, 0.05) is 11.1 Å². The van der Waals surface area contributed by atoms with Crippen molar-refractivity contribution in [1.82, 2.24) is 19.7 Å². The average Bonchev–Trinajstić information content (AvgIpc) is 2.87. The fraction of sp³-hybridized carbons (Fsp3) is 0.364. The van der Waals surface area contributed by atoms with Crippen LogP contribution in [0.1, 0.15) is 29.8 Å². The van der Waals surface area contributed by atoms with Gasteiger partial charge in [0.05, 0.1) is 18.4 Å². The molecule has 108 valence electrons. The second-order valence-corrected chi connectivity index (χ2v) is 7.25. The van der Waals surface area contributed by atoms with E-state index in [1.807, 2.05) is 6.92 Å². The number of sulfonamides is 1. The molecule has 20 heavy (non-hydrogen) atoms. The van der Waals surface area contributed by atoms with Gasteiger partial charge in [-0.2, -0.15) is 0 Å². The second-order valence-electron chi connectivity index (χ2n) is 4.05. The molecule has 0 amide bonds. The summed E-state index contributed by atoms with van der Waals surface area (Å²) in [6.07, 6.45) is 4.98. The number of thiazole rings is 1. The number of hydrogen-bond donors (Lipinski definition) is 1. The lowest BCUT2D eigenvalue weighted by Gasteiger charge is -2.11. The highest BCUT2D eigenvalue weighted by molar-refractivity contribution is 7.89. The van der Waals surface area contributed by atoms with Crippen molar-refractivity contribution in [3.63, 3.8) is 0 Å². The standard InChI is InChI=1S/C11H13ClN4O2S2/c1-3-8-4-13-10(19-8)7(2)16-20(17,18)9-5-14-11(12)15-6-9/h4-7,16H,3H2,1-2H3. The molecule has 6 nitrogen and oxygen atoms in total. The summed E-state index contributed by atoms with van der Waals surface area (Å²) in [5, 5.41) is 0.727. The molecule has 0 radical (unpaired) electrons. The maximum atomic E-state index is 12.1. The average molecular weight is 333 g/mol. The molecule has 1 atom stereocenters. The van der Waals surface area contributed by atoms with Crippen LogP contribution in [0.2, 0.25) is 5.28 Å². The molecule has 2 heterocycles. The maximum Gasteiger partial charge on any atom is 0.244 e. The summed E-state index contributed by atoms with van der Waals surface area (Å²) in [7, 11) is -3.69.